The van der Waals surface area contributed by atoms with Crippen LogP contribution in [-0.2, 0) is 14.8 Å². The predicted molar refractivity (Wildman–Crippen MR) is 73.5 cm³/mol. The predicted octanol–water partition coefficient (Wildman–Crippen LogP) is -0.139. The summed E-state index contributed by atoms with van der Waals surface area (Å²) in [5.74, 6) is -0.519. The van der Waals surface area contributed by atoms with Crippen molar-refractivity contribution in [2.24, 2.45) is 0 Å². The summed E-state index contributed by atoms with van der Waals surface area (Å²) in [6.45, 7) is 0.657. The van der Waals surface area contributed by atoms with Crippen molar-refractivity contribution >= 4 is 21.6 Å². The van der Waals surface area contributed by atoms with E-state index < -0.39 is 10.0 Å². The van der Waals surface area contributed by atoms with Crippen LogP contribution in [-0.4, -0.2) is 40.2 Å². The van der Waals surface area contributed by atoms with Crippen LogP contribution in [0.1, 0.15) is 11.5 Å². The number of carbonyl (C=O) groups is 1. The number of sulfonamides is 1. The molecule has 6 nitrogen and oxygen atoms in total. The molecule has 1 atom stereocenters. The lowest BCUT2D eigenvalue weighted by molar-refractivity contribution is -0.122. The van der Waals surface area contributed by atoms with Crippen molar-refractivity contribution in [2.75, 3.05) is 31.2 Å². The van der Waals surface area contributed by atoms with Gasteiger partial charge in [0.2, 0.25) is 15.9 Å². The van der Waals surface area contributed by atoms with Crippen LogP contribution in [0, 0.1) is 0 Å². The molecule has 104 valence electrons. The molecule has 0 aromatic heterocycles. The van der Waals surface area contributed by atoms with Gasteiger partial charge in [-0.1, -0.05) is 18.2 Å². The molecule has 7 heteroatoms. The van der Waals surface area contributed by atoms with Gasteiger partial charge in [0.15, 0.2) is 0 Å². The molecule has 1 amide bonds. The van der Waals surface area contributed by atoms with Gasteiger partial charge in [-0.3, -0.25) is 4.79 Å². The molecule has 0 radical (unpaired) electrons. The lowest BCUT2D eigenvalue weighted by atomic mass is 10.0. The molecular weight excluding hydrogens is 266 g/mol. The number of nitrogens with one attached hydrogen (secondary N) is 3. The maximum absolute atomic E-state index is 12.0. The van der Waals surface area contributed by atoms with Gasteiger partial charge in [0.05, 0.1) is 11.7 Å². The van der Waals surface area contributed by atoms with Gasteiger partial charge in [0, 0.05) is 18.8 Å². The Hall–Kier alpha value is -1.60. The fourth-order valence-electron chi connectivity index (χ4n) is 2.05. The highest BCUT2D eigenvalue weighted by molar-refractivity contribution is 7.89. The van der Waals surface area contributed by atoms with Gasteiger partial charge in [-0.05, 0) is 18.7 Å². The van der Waals surface area contributed by atoms with Crippen molar-refractivity contribution in [1.82, 2.24) is 10.0 Å². The summed E-state index contributed by atoms with van der Waals surface area (Å²) in [7, 11) is -1.92. The van der Waals surface area contributed by atoms with Crippen LogP contribution in [0.15, 0.2) is 24.3 Å². The van der Waals surface area contributed by atoms with Gasteiger partial charge in [0.25, 0.3) is 0 Å². The van der Waals surface area contributed by atoms with Crippen molar-refractivity contribution < 1.29 is 13.2 Å². The summed E-state index contributed by atoms with van der Waals surface area (Å²) < 4.78 is 24.7. The minimum atomic E-state index is -3.28. The lowest BCUT2D eigenvalue weighted by Crippen LogP contribution is -2.36. The van der Waals surface area contributed by atoms with Crippen molar-refractivity contribution in [3.8, 4) is 0 Å². The van der Waals surface area contributed by atoms with Gasteiger partial charge in [0.1, 0.15) is 0 Å². The first-order chi connectivity index (χ1) is 9.03. The molecule has 2 rings (SSSR count). The van der Waals surface area contributed by atoms with Crippen molar-refractivity contribution in [1.29, 1.82) is 0 Å². The Labute approximate surface area is 112 Å². The maximum atomic E-state index is 12.0. The number of amides is 1. The van der Waals surface area contributed by atoms with Crippen molar-refractivity contribution in [3.05, 3.63) is 29.8 Å². The molecule has 0 fully saturated rings. The van der Waals surface area contributed by atoms with Crippen LogP contribution >= 0.6 is 0 Å². The summed E-state index contributed by atoms with van der Waals surface area (Å²) in [5, 5.41) is 5.82. The molecule has 1 aliphatic heterocycles. The molecule has 0 spiro atoms. The van der Waals surface area contributed by atoms with Gasteiger partial charge >= 0.3 is 0 Å². The highest BCUT2D eigenvalue weighted by Crippen LogP contribution is 2.30. The number of hydrogen-bond acceptors (Lipinski definition) is 4. The number of anilines is 1. The second-order valence-corrected chi connectivity index (χ2v) is 6.38. The van der Waals surface area contributed by atoms with Gasteiger partial charge < -0.3 is 10.6 Å². The SMILES string of the molecule is CNS(=O)(=O)CCNC(=O)C1CNc2ccccc21. The van der Waals surface area contributed by atoms with E-state index in [1.165, 1.54) is 7.05 Å². The number of hydrogen-bond donors (Lipinski definition) is 3. The monoisotopic (exact) mass is 283 g/mol. The zero-order chi connectivity index (χ0) is 13.9. The Kier molecular flexibility index (Phi) is 4.06. The normalized spacial score (nSPS) is 17.6. The maximum Gasteiger partial charge on any atom is 0.229 e. The molecular formula is C12H17N3O3S. The Morgan fingerprint density at radius 1 is 1.42 bits per heavy atom. The third-order valence-corrected chi connectivity index (χ3v) is 4.49. The Bertz CT molecular complexity index is 571. The van der Waals surface area contributed by atoms with E-state index in [9.17, 15) is 13.2 Å². The molecule has 1 heterocycles. The molecule has 1 unspecified atom stereocenters. The van der Waals surface area contributed by atoms with Crippen molar-refractivity contribution in [2.45, 2.75) is 5.92 Å². The van der Waals surface area contributed by atoms with E-state index in [0.29, 0.717) is 6.54 Å². The van der Waals surface area contributed by atoms with E-state index >= 15 is 0 Å². The van der Waals surface area contributed by atoms with Crippen LogP contribution < -0.4 is 15.4 Å². The molecule has 3 N–H and O–H groups in total. The fraction of sp³-hybridized carbons (Fsp3) is 0.417. The van der Waals surface area contributed by atoms with Gasteiger partial charge in [-0.2, -0.15) is 0 Å². The van der Waals surface area contributed by atoms with E-state index in [1.54, 1.807) is 0 Å². The minimum Gasteiger partial charge on any atom is -0.384 e. The molecule has 1 aliphatic rings. The molecule has 0 saturated heterocycles. The molecule has 0 aliphatic carbocycles. The molecule has 0 saturated carbocycles. The average Bonchev–Trinajstić information content (AvgIpc) is 2.82. The van der Waals surface area contributed by atoms with E-state index in [0.717, 1.165) is 11.3 Å². The van der Waals surface area contributed by atoms with Gasteiger partial charge in [-0.25, -0.2) is 13.1 Å². The highest BCUT2D eigenvalue weighted by Gasteiger charge is 2.27. The summed E-state index contributed by atoms with van der Waals surface area (Å²) in [4.78, 5) is 12.0. The van der Waals surface area contributed by atoms with E-state index in [2.05, 4.69) is 15.4 Å². The number of fused-ring (bicyclic) bond motifs is 1. The summed E-state index contributed by atoms with van der Waals surface area (Å²) >= 11 is 0. The van der Waals surface area contributed by atoms with Crippen LogP contribution in [0.25, 0.3) is 0 Å². The standard InChI is InChI=1S/C12H17N3O3S/c1-13-19(17,18)7-6-14-12(16)10-8-15-11-5-3-2-4-9(10)11/h2-5,10,13,15H,6-8H2,1H3,(H,14,16). The quantitative estimate of drug-likeness (QED) is 0.702. The smallest absolute Gasteiger partial charge is 0.229 e. The largest absolute Gasteiger partial charge is 0.384 e. The summed E-state index contributed by atoms with van der Waals surface area (Å²) in [5.41, 5.74) is 1.92. The number of para-hydroxylation sites is 1. The van der Waals surface area contributed by atoms with Crippen molar-refractivity contribution in [3.63, 3.8) is 0 Å². The van der Waals surface area contributed by atoms with E-state index in [4.69, 9.17) is 0 Å². The van der Waals surface area contributed by atoms with Crippen LogP contribution in [0.4, 0.5) is 5.69 Å². The second kappa shape index (κ2) is 5.58. The number of benzene rings is 1. The Morgan fingerprint density at radius 3 is 2.89 bits per heavy atom. The molecule has 0 bridgehead atoms. The number of carbonyl (C=O) groups excluding carboxylic acids is 1. The van der Waals surface area contributed by atoms with E-state index in [1.807, 2.05) is 24.3 Å². The topological polar surface area (TPSA) is 87.3 Å². The second-order valence-electron chi connectivity index (χ2n) is 4.33. The first-order valence-corrected chi connectivity index (χ1v) is 7.70. The third-order valence-electron chi connectivity index (χ3n) is 3.13. The average molecular weight is 283 g/mol. The first-order valence-electron chi connectivity index (χ1n) is 6.05. The number of rotatable bonds is 5. The molecule has 1 aromatic carbocycles. The van der Waals surface area contributed by atoms with Gasteiger partial charge in [-0.15, -0.1) is 0 Å². The first kappa shape index (κ1) is 13.8. The highest BCUT2D eigenvalue weighted by atomic mass is 32.2. The fourth-order valence-corrected chi connectivity index (χ4v) is 2.63. The summed E-state index contributed by atoms with van der Waals surface area (Å²) in [6, 6.07) is 7.63. The van der Waals surface area contributed by atoms with Crippen LogP contribution in [0.5, 0.6) is 0 Å². The Morgan fingerprint density at radius 2 is 2.16 bits per heavy atom. The lowest BCUT2D eigenvalue weighted by Gasteiger charge is -2.11. The third kappa shape index (κ3) is 3.24. The Balaban J connectivity index is 1.92. The molecule has 19 heavy (non-hydrogen) atoms. The zero-order valence-corrected chi connectivity index (χ0v) is 11.5. The van der Waals surface area contributed by atoms with E-state index in [-0.39, 0.29) is 24.1 Å². The van der Waals surface area contributed by atoms with Crippen LogP contribution in [0.3, 0.4) is 0 Å². The zero-order valence-electron chi connectivity index (χ0n) is 10.6. The molecule has 1 aromatic rings. The summed E-state index contributed by atoms with van der Waals surface area (Å²) in [6.07, 6.45) is 0. The minimum absolute atomic E-state index is 0.112. The van der Waals surface area contributed by atoms with Crippen LogP contribution in [0.2, 0.25) is 0 Å².